The number of ketones is 1. The Morgan fingerprint density at radius 2 is 1.89 bits per heavy atom. The molecule has 0 radical (unpaired) electrons. The molecule has 146 valence electrons. The summed E-state index contributed by atoms with van der Waals surface area (Å²) >= 11 is 12.0. The molecule has 1 unspecified atom stereocenters. The van der Waals surface area contributed by atoms with Crippen molar-refractivity contribution in [1.29, 1.82) is 5.26 Å². The van der Waals surface area contributed by atoms with E-state index in [4.69, 9.17) is 32.7 Å². The number of rotatable bonds is 3. The number of halogens is 5. The van der Waals surface area contributed by atoms with E-state index in [1.165, 1.54) is 12.1 Å². The van der Waals surface area contributed by atoms with Crippen molar-refractivity contribution in [2.45, 2.75) is 18.5 Å². The molecule has 1 aromatic heterocycles. The van der Waals surface area contributed by atoms with Gasteiger partial charge in [-0.25, -0.2) is 0 Å². The molecule has 0 bridgehead atoms. The summed E-state index contributed by atoms with van der Waals surface area (Å²) in [7, 11) is 0. The monoisotopic (exact) mass is 430 g/mol. The fraction of sp³-hybridized carbons (Fsp3) is 0.278. The van der Waals surface area contributed by atoms with Crippen LogP contribution in [-0.4, -0.2) is 24.0 Å². The molecule has 3 rings (SSSR count). The van der Waals surface area contributed by atoms with Crippen molar-refractivity contribution >= 4 is 29.0 Å². The highest BCUT2D eigenvalue weighted by atomic mass is 35.5. The first-order chi connectivity index (χ1) is 13.2. The first-order valence-electron chi connectivity index (χ1n) is 7.98. The fourth-order valence-electron chi connectivity index (χ4n) is 2.60. The lowest BCUT2D eigenvalue weighted by molar-refractivity contribution is -0.137. The number of ether oxygens (including phenoxy) is 2. The molecular formula is C18H11Cl2F3N2O3. The number of Topliss-reactive ketones (excluding diaryl/α,β-unsaturated/α-hetero) is 1. The molecular weight excluding hydrogens is 420 g/mol. The van der Waals surface area contributed by atoms with Gasteiger partial charge in [-0.15, -0.1) is 0 Å². The minimum atomic E-state index is -4.65. The maximum atomic E-state index is 12.8. The molecule has 10 heteroatoms. The third kappa shape index (κ3) is 4.01. The average molecular weight is 431 g/mol. The van der Waals surface area contributed by atoms with E-state index in [9.17, 15) is 23.2 Å². The van der Waals surface area contributed by atoms with Crippen LogP contribution in [0.2, 0.25) is 10.0 Å². The Morgan fingerprint density at radius 3 is 2.54 bits per heavy atom. The number of pyridine rings is 1. The number of hydrogen-bond acceptors (Lipinski definition) is 5. The zero-order valence-corrected chi connectivity index (χ0v) is 15.5. The Morgan fingerprint density at radius 1 is 1.18 bits per heavy atom. The number of carbonyl (C=O) groups excluding carboxylic acids is 1. The largest absolute Gasteiger partial charge is 0.489 e. The molecule has 0 amide bonds. The summed E-state index contributed by atoms with van der Waals surface area (Å²) in [4.78, 5) is 16.4. The maximum Gasteiger partial charge on any atom is 0.417 e. The molecule has 1 atom stereocenters. The topological polar surface area (TPSA) is 72.2 Å². The van der Waals surface area contributed by atoms with Crippen molar-refractivity contribution in [3.05, 3.63) is 51.3 Å². The second-order valence-electron chi connectivity index (χ2n) is 5.85. The highest BCUT2D eigenvalue weighted by molar-refractivity contribution is 6.33. The number of carbonyl (C=O) groups is 1. The van der Waals surface area contributed by atoms with Crippen LogP contribution in [0, 0.1) is 11.3 Å². The lowest BCUT2D eigenvalue weighted by Gasteiger charge is -2.14. The Hall–Kier alpha value is -2.50. The van der Waals surface area contributed by atoms with Crippen LogP contribution in [-0.2, 0) is 6.18 Å². The van der Waals surface area contributed by atoms with Gasteiger partial charge >= 0.3 is 6.18 Å². The first kappa shape index (κ1) is 20.2. The molecule has 1 aliphatic rings. The van der Waals surface area contributed by atoms with Gasteiger partial charge in [0.1, 0.15) is 0 Å². The molecule has 0 saturated heterocycles. The van der Waals surface area contributed by atoms with Gasteiger partial charge in [-0.1, -0.05) is 23.2 Å². The molecule has 1 aliphatic heterocycles. The Kier molecular flexibility index (Phi) is 5.68. The van der Waals surface area contributed by atoms with Gasteiger partial charge < -0.3 is 9.47 Å². The quantitative estimate of drug-likeness (QED) is 0.636. The summed E-state index contributed by atoms with van der Waals surface area (Å²) in [5.41, 5.74) is -1.33. The van der Waals surface area contributed by atoms with Crippen LogP contribution >= 0.6 is 23.2 Å². The summed E-state index contributed by atoms with van der Waals surface area (Å²) in [6.07, 6.45) is -3.50. The predicted octanol–water partition coefficient (Wildman–Crippen LogP) is 5.06. The highest BCUT2D eigenvalue weighted by Crippen LogP contribution is 2.39. The predicted molar refractivity (Wildman–Crippen MR) is 94.0 cm³/mol. The van der Waals surface area contributed by atoms with Crippen molar-refractivity contribution in [3.63, 3.8) is 0 Å². The van der Waals surface area contributed by atoms with E-state index in [1.807, 2.05) is 0 Å². The van der Waals surface area contributed by atoms with Crippen LogP contribution < -0.4 is 9.47 Å². The summed E-state index contributed by atoms with van der Waals surface area (Å²) in [6, 6.07) is 5.04. The van der Waals surface area contributed by atoms with Crippen LogP contribution in [0.25, 0.3) is 0 Å². The highest BCUT2D eigenvalue weighted by Gasteiger charge is 2.34. The van der Waals surface area contributed by atoms with Gasteiger partial charge in [-0.05, 0) is 18.2 Å². The SMILES string of the molecule is N#CC(C(=O)c1cc(Cl)c2c(c1)OCCCO2)c1ncc(C(F)(F)F)cc1Cl. The van der Waals surface area contributed by atoms with E-state index in [1.54, 1.807) is 6.07 Å². The normalized spacial score (nSPS) is 14.7. The van der Waals surface area contributed by atoms with E-state index < -0.39 is 28.5 Å². The number of benzene rings is 1. The van der Waals surface area contributed by atoms with Gasteiger partial charge in [-0.2, -0.15) is 18.4 Å². The molecule has 0 saturated carbocycles. The van der Waals surface area contributed by atoms with E-state index >= 15 is 0 Å². The molecule has 0 fully saturated rings. The second kappa shape index (κ2) is 7.86. The van der Waals surface area contributed by atoms with Gasteiger partial charge in [0.2, 0.25) is 0 Å². The summed E-state index contributed by atoms with van der Waals surface area (Å²) in [6.45, 7) is 0.751. The van der Waals surface area contributed by atoms with Crippen molar-refractivity contribution < 1.29 is 27.4 Å². The van der Waals surface area contributed by atoms with Crippen LogP contribution in [0.1, 0.15) is 34.0 Å². The third-order valence-corrected chi connectivity index (χ3v) is 4.53. The Bertz CT molecular complexity index is 974. The van der Waals surface area contributed by atoms with Gasteiger partial charge in [0.05, 0.1) is 40.6 Å². The number of hydrogen-bond donors (Lipinski definition) is 0. The van der Waals surface area contributed by atoms with E-state index in [0.717, 1.165) is 0 Å². The van der Waals surface area contributed by atoms with Crippen molar-refractivity contribution in [3.8, 4) is 17.6 Å². The zero-order valence-electron chi connectivity index (χ0n) is 14.0. The van der Waals surface area contributed by atoms with Crippen molar-refractivity contribution in [2.75, 3.05) is 13.2 Å². The molecule has 0 aliphatic carbocycles. The van der Waals surface area contributed by atoms with E-state index in [0.29, 0.717) is 31.9 Å². The molecule has 5 nitrogen and oxygen atoms in total. The number of alkyl halides is 3. The lowest BCUT2D eigenvalue weighted by atomic mass is 9.94. The maximum absolute atomic E-state index is 12.8. The van der Waals surface area contributed by atoms with Gasteiger partial charge in [0, 0.05) is 18.2 Å². The number of aromatic nitrogens is 1. The molecule has 1 aromatic carbocycles. The molecule has 0 spiro atoms. The Labute approximate surface area is 167 Å². The molecule has 2 aromatic rings. The third-order valence-electron chi connectivity index (χ3n) is 3.95. The molecule has 28 heavy (non-hydrogen) atoms. The summed E-state index contributed by atoms with van der Waals surface area (Å²) in [5, 5.41) is 9.12. The van der Waals surface area contributed by atoms with Gasteiger partial charge in [0.25, 0.3) is 0 Å². The molecule has 2 heterocycles. The number of nitrogens with zero attached hydrogens (tertiary/aromatic N) is 2. The van der Waals surface area contributed by atoms with Crippen LogP contribution in [0.3, 0.4) is 0 Å². The van der Waals surface area contributed by atoms with Crippen molar-refractivity contribution in [2.24, 2.45) is 0 Å². The van der Waals surface area contributed by atoms with E-state index in [-0.39, 0.29) is 27.8 Å². The zero-order chi connectivity index (χ0) is 20.5. The minimum absolute atomic E-state index is 0.0264. The number of nitriles is 1. The number of fused-ring (bicyclic) bond motifs is 1. The van der Waals surface area contributed by atoms with Crippen LogP contribution in [0.4, 0.5) is 13.2 Å². The van der Waals surface area contributed by atoms with Gasteiger partial charge in [0.15, 0.2) is 23.2 Å². The van der Waals surface area contributed by atoms with Crippen LogP contribution in [0.5, 0.6) is 11.5 Å². The van der Waals surface area contributed by atoms with Crippen LogP contribution in [0.15, 0.2) is 24.4 Å². The van der Waals surface area contributed by atoms with E-state index in [2.05, 4.69) is 4.98 Å². The van der Waals surface area contributed by atoms with Gasteiger partial charge in [-0.3, -0.25) is 9.78 Å². The average Bonchev–Trinajstić information content (AvgIpc) is 2.88. The standard InChI is InChI=1S/C18H11Cl2F3N2O3/c19-12-6-10(18(21,22)23)8-25-15(12)11(7-24)16(26)9-4-13(20)17-14(5-9)27-2-1-3-28-17/h4-6,8,11H,1-3H2. The second-order valence-corrected chi connectivity index (χ2v) is 6.67. The minimum Gasteiger partial charge on any atom is -0.489 e. The molecule has 0 N–H and O–H groups in total. The summed E-state index contributed by atoms with van der Waals surface area (Å²) in [5.74, 6) is -1.71. The van der Waals surface area contributed by atoms with Crippen molar-refractivity contribution in [1.82, 2.24) is 4.98 Å². The summed E-state index contributed by atoms with van der Waals surface area (Å²) < 4.78 is 49.3. The Balaban J connectivity index is 1.98. The fourth-order valence-corrected chi connectivity index (χ4v) is 3.14. The smallest absolute Gasteiger partial charge is 0.417 e. The lowest BCUT2D eigenvalue weighted by Crippen LogP contribution is -2.15. The first-order valence-corrected chi connectivity index (χ1v) is 8.73.